The van der Waals surface area contributed by atoms with Crippen LogP contribution in [-0.2, 0) is 11.5 Å². The molecule has 0 saturated heterocycles. The second-order valence-corrected chi connectivity index (χ2v) is 11.7. The maximum absolute atomic E-state index is 5.84. The van der Waals surface area contributed by atoms with E-state index in [1.807, 2.05) is 0 Å². The summed E-state index contributed by atoms with van der Waals surface area (Å²) in [6, 6.07) is 11.9. The summed E-state index contributed by atoms with van der Waals surface area (Å²) in [7, 11) is 1.16. The van der Waals surface area contributed by atoms with E-state index < -0.39 is 8.07 Å². The molecule has 0 bridgehead atoms. The van der Waals surface area contributed by atoms with Crippen LogP contribution < -0.4 is 5.59 Å². The first-order chi connectivity index (χ1) is 8.47. The predicted octanol–water partition coefficient (Wildman–Crippen LogP) is 2.21. The minimum atomic E-state index is -0.981. The molecule has 0 spiro atoms. The molecule has 96 valence electrons. The lowest BCUT2D eigenvalue weighted by molar-refractivity contribution is 0.0921. The van der Waals surface area contributed by atoms with Gasteiger partial charge in [0.05, 0.1) is 0 Å². The summed E-state index contributed by atoms with van der Waals surface area (Å²) in [5.41, 5.74) is 2.53. The maximum Gasteiger partial charge on any atom is 0.161 e. The number of ether oxygens (including phenoxy) is 1. The molecule has 0 atom stereocenters. The second-order valence-electron chi connectivity index (χ2n) is 6.12. The van der Waals surface area contributed by atoms with E-state index in [9.17, 15) is 0 Å². The number of para-hydroxylation sites is 1. The number of nitrogens with zero attached hydrogens (tertiary/aromatic N) is 1. The third-order valence-electron chi connectivity index (χ3n) is 3.23. The quantitative estimate of drug-likeness (QED) is 0.593. The minimum absolute atomic E-state index is 0.670. The molecule has 1 aromatic carbocycles. The molecule has 0 aliphatic rings. The second kappa shape index (κ2) is 5.33. The number of benzene rings is 1. The molecule has 0 N–H and O–H groups in total. The molecular formula is C14H22BNOSi. The highest BCUT2D eigenvalue weighted by Gasteiger charge is 2.12. The van der Waals surface area contributed by atoms with Crippen LogP contribution in [0.4, 0.5) is 0 Å². The summed E-state index contributed by atoms with van der Waals surface area (Å²) in [6.45, 7) is 8.69. The van der Waals surface area contributed by atoms with Gasteiger partial charge >= 0.3 is 0 Å². The van der Waals surface area contributed by atoms with Crippen molar-refractivity contribution >= 4 is 32.4 Å². The van der Waals surface area contributed by atoms with Crippen molar-refractivity contribution in [2.45, 2.75) is 32.4 Å². The van der Waals surface area contributed by atoms with E-state index in [1.54, 1.807) is 0 Å². The first-order valence-corrected chi connectivity index (χ1v) is 10.3. The molecule has 0 radical (unpaired) electrons. The highest BCUT2D eigenvalue weighted by atomic mass is 28.3. The Bertz CT molecular complexity index is 530. The summed E-state index contributed by atoms with van der Waals surface area (Å²) in [5, 5.41) is 1.30. The molecular weight excluding hydrogens is 237 g/mol. The number of rotatable bonds is 5. The van der Waals surface area contributed by atoms with E-state index in [-0.39, 0.29) is 0 Å². The number of hydrogen-bond acceptors (Lipinski definition) is 1. The Morgan fingerprint density at radius 3 is 2.67 bits per heavy atom. The number of aromatic nitrogens is 1. The van der Waals surface area contributed by atoms with Crippen LogP contribution in [0.3, 0.4) is 0 Å². The molecule has 4 heteroatoms. The van der Waals surface area contributed by atoms with Gasteiger partial charge in [-0.3, -0.25) is 0 Å². The summed E-state index contributed by atoms with van der Waals surface area (Å²) in [5.74, 6) is 0. The van der Waals surface area contributed by atoms with Gasteiger partial charge in [-0.1, -0.05) is 37.8 Å². The molecule has 18 heavy (non-hydrogen) atoms. The fourth-order valence-corrected chi connectivity index (χ4v) is 2.81. The molecule has 2 nitrogen and oxygen atoms in total. The highest BCUT2D eigenvalue weighted by Crippen LogP contribution is 2.14. The molecule has 0 amide bonds. The van der Waals surface area contributed by atoms with E-state index in [1.165, 1.54) is 22.5 Å². The van der Waals surface area contributed by atoms with Crippen LogP contribution in [0.1, 0.15) is 0 Å². The maximum atomic E-state index is 5.84. The van der Waals surface area contributed by atoms with E-state index >= 15 is 0 Å². The average Bonchev–Trinajstić information content (AvgIpc) is 2.59. The van der Waals surface area contributed by atoms with Gasteiger partial charge in [-0.2, -0.15) is 0 Å². The standard InChI is InChI=1S/C14H22BNOSi/c1-18(2,3)9-8-17-11-16-13-7-5-4-6-12(13)10-14(16)15/h4-7,10H,8-9,11,15H2,1-3H3. The fourth-order valence-electron chi connectivity index (χ4n) is 2.05. The lowest BCUT2D eigenvalue weighted by Crippen LogP contribution is -2.23. The van der Waals surface area contributed by atoms with E-state index in [0.29, 0.717) is 6.73 Å². The van der Waals surface area contributed by atoms with Crippen molar-refractivity contribution < 1.29 is 4.74 Å². The van der Waals surface area contributed by atoms with Crippen molar-refractivity contribution in [3.05, 3.63) is 30.3 Å². The van der Waals surface area contributed by atoms with Gasteiger partial charge in [-0.15, -0.1) is 0 Å². The van der Waals surface area contributed by atoms with Crippen molar-refractivity contribution in [1.82, 2.24) is 4.57 Å². The van der Waals surface area contributed by atoms with Gasteiger partial charge in [-0.25, -0.2) is 0 Å². The molecule has 0 saturated carbocycles. The largest absolute Gasteiger partial charge is 0.361 e. The van der Waals surface area contributed by atoms with Crippen molar-refractivity contribution in [1.29, 1.82) is 0 Å². The van der Waals surface area contributed by atoms with Crippen LogP contribution in [0.15, 0.2) is 30.3 Å². The third kappa shape index (κ3) is 3.27. The molecule has 0 aliphatic carbocycles. The van der Waals surface area contributed by atoms with Gasteiger partial charge in [0.2, 0.25) is 0 Å². The van der Waals surface area contributed by atoms with Crippen molar-refractivity contribution in [3.63, 3.8) is 0 Å². The minimum Gasteiger partial charge on any atom is -0.361 e. The monoisotopic (exact) mass is 259 g/mol. The Kier molecular flexibility index (Phi) is 3.98. The first kappa shape index (κ1) is 13.4. The van der Waals surface area contributed by atoms with Gasteiger partial charge in [-0.05, 0) is 29.2 Å². The molecule has 2 rings (SSSR count). The Morgan fingerprint density at radius 2 is 1.94 bits per heavy atom. The van der Waals surface area contributed by atoms with Crippen LogP contribution >= 0.6 is 0 Å². The summed E-state index contributed by atoms with van der Waals surface area (Å²) >= 11 is 0. The zero-order valence-electron chi connectivity index (χ0n) is 11.9. The van der Waals surface area contributed by atoms with Crippen molar-refractivity contribution in [3.8, 4) is 0 Å². The van der Waals surface area contributed by atoms with Crippen LogP contribution in [-0.4, -0.2) is 27.1 Å². The number of fused-ring (bicyclic) bond motifs is 1. The van der Waals surface area contributed by atoms with Gasteiger partial charge in [0.1, 0.15) is 6.73 Å². The normalized spacial score (nSPS) is 12.2. The van der Waals surface area contributed by atoms with E-state index in [0.717, 1.165) is 6.61 Å². The Hall–Kier alpha value is -0.998. The summed E-state index contributed by atoms with van der Waals surface area (Å²) in [4.78, 5) is 0. The Morgan fingerprint density at radius 1 is 1.22 bits per heavy atom. The fraction of sp³-hybridized carbons (Fsp3) is 0.429. The van der Waals surface area contributed by atoms with Crippen LogP contribution in [0.5, 0.6) is 0 Å². The number of hydrogen-bond donors (Lipinski definition) is 0. The predicted molar refractivity (Wildman–Crippen MR) is 84.2 cm³/mol. The summed E-state index contributed by atoms with van der Waals surface area (Å²) < 4.78 is 8.09. The topological polar surface area (TPSA) is 14.2 Å². The first-order valence-electron chi connectivity index (χ1n) is 6.60. The molecule has 2 aromatic rings. The van der Waals surface area contributed by atoms with Crippen LogP contribution in [0.25, 0.3) is 10.9 Å². The van der Waals surface area contributed by atoms with E-state index in [2.05, 4.69) is 62.4 Å². The van der Waals surface area contributed by atoms with E-state index in [4.69, 9.17) is 4.74 Å². The molecule has 1 aromatic heterocycles. The van der Waals surface area contributed by atoms with Crippen LogP contribution in [0, 0.1) is 0 Å². The SMILES string of the molecule is Bc1cc2ccccc2n1COCC[Si](C)(C)C. The van der Waals surface area contributed by atoms with Crippen molar-refractivity contribution in [2.24, 2.45) is 0 Å². The van der Waals surface area contributed by atoms with Crippen LogP contribution in [0.2, 0.25) is 25.7 Å². The highest BCUT2D eigenvalue weighted by molar-refractivity contribution is 6.76. The molecule has 0 unspecified atom stereocenters. The third-order valence-corrected chi connectivity index (χ3v) is 4.94. The zero-order valence-corrected chi connectivity index (χ0v) is 12.9. The van der Waals surface area contributed by atoms with Gasteiger partial charge in [0.25, 0.3) is 0 Å². The molecule has 1 heterocycles. The Labute approximate surface area is 111 Å². The van der Waals surface area contributed by atoms with Crippen molar-refractivity contribution in [2.75, 3.05) is 6.61 Å². The summed E-state index contributed by atoms with van der Waals surface area (Å²) in [6.07, 6.45) is 0. The zero-order chi connectivity index (χ0) is 13.2. The van der Waals surface area contributed by atoms with Gasteiger partial charge in [0, 0.05) is 20.2 Å². The van der Waals surface area contributed by atoms with Gasteiger partial charge in [0.15, 0.2) is 7.85 Å². The molecule has 0 aliphatic heterocycles. The average molecular weight is 259 g/mol. The lowest BCUT2D eigenvalue weighted by Gasteiger charge is -2.16. The lowest BCUT2D eigenvalue weighted by atomic mass is 10.1. The van der Waals surface area contributed by atoms with Gasteiger partial charge < -0.3 is 9.30 Å². The molecule has 0 fully saturated rings. The Balaban J connectivity index is 2.01. The smallest absolute Gasteiger partial charge is 0.161 e.